The van der Waals surface area contributed by atoms with E-state index in [-0.39, 0.29) is 53.3 Å². The van der Waals surface area contributed by atoms with E-state index in [9.17, 15) is 28.0 Å². The highest BCUT2D eigenvalue weighted by molar-refractivity contribution is 5.96. The third-order valence-corrected chi connectivity index (χ3v) is 6.07. The fourth-order valence-corrected chi connectivity index (χ4v) is 4.13. The van der Waals surface area contributed by atoms with Crippen LogP contribution in [0, 0.1) is 17.0 Å². The molecule has 1 atom stereocenters. The van der Waals surface area contributed by atoms with Crippen LogP contribution in [0.3, 0.4) is 0 Å². The number of aromatic nitrogens is 3. The standard InChI is InChI=1S/C28H34F2N6O5/c1-28(2,3)14-16-17(29)13-18(30)24-23(16)33-21(34-24)15-36-12-8-10-20(26(36)39)31-25(38)19(32-27(40)41)9-6-7-11-22(37)35(4)5/h7-8,10-13,19,32H,6,9,14-15H2,1-5H3,(H,31,38)(H,33,34)(H,40,41). The fraction of sp³-hybridized carbons (Fsp3) is 0.393. The Hall–Kier alpha value is -4.55. The summed E-state index contributed by atoms with van der Waals surface area (Å²) in [4.78, 5) is 57.4. The molecule has 11 nitrogen and oxygen atoms in total. The number of hydrogen-bond donors (Lipinski definition) is 4. The molecule has 0 aliphatic carbocycles. The van der Waals surface area contributed by atoms with Crippen molar-refractivity contribution in [2.24, 2.45) is 5.41 Å². The number of imidazole rings is 1. The largest absolute Gasteiger partial charge is 0.465 e. The number of aromatic amines is 1. The van der Waals surface area contributed by atoms with E-state index in [2.05, 4.69) is 20.6 Å². The molecule has 13 heteroatoms. The molecular formula is C28H34F2N6O5. The molecule has 0 saturated carbocycles. The van der Waals surface area contributed by atoms with Gasteiger partial charge in [-0.15, -0.1) is 0 Å². The van der Waals surface area contributed by atoms with E-state index in [1.807, 2.05) is 20.8 Å². The first-order valence-electron chi connectivity index (χ1n) is 12.9. The van der Waals surface area contributed by atoms with Crippen LogP contribution in [0.2, 0.25) is 0 Å². The zero-order chi connectivity index (χ0) is 30.5. The predicted octanol–water partition coefficient (Wildman–Crippen LogP) is 3.64. The van der Waals surface area contributed by atoms with E-state index in [0.717, 1.165) is 6.07 Å². The number of pyridine rings is 1. The van der Waals surface area contributed by atoms with Gasteiger partial charge >= 0.3 is 6.09 Å². The van der Waals surface area contributed by atoms with Crippen LogP contribution < -0.4 is 16.2 Å². The fourth-order valence-electron chi connectivity index (χ4n) is 4.13. The molecule has 0 radical (unpaired) electrons. The molecule has 41 heavy (non-hydrogen) atoms. The summed E-state index contributed by atoms with van der Waals surface area (Å²) in [7, 11) is 3.16. The smallest absolute Gasteiger partial charge is 0.405 e. The lowest BCUT2D eigenvalue weighted by Gasteiger charge is -2.19. The number of rotatable bonds is 10. The normalized spacial score (nSPS) is 12.5. The molecule has 2 heterocycles. The van der Waals surface area contributed by atoms with E-state index in [4.69, 9.17) is 5.11 Å². The molecule has 2 aromatic heterocycles. The number of H-pyrrole nitrogens is 1. The second-order valence-corrected chi connectivity index (χ2v) is 11.0. The molecule has 3 rings (SSSR count). The van der Waals surface area contributed by atoms with Crippen LogP contribution in [0.1, 0.15) is 45.0 Å². The van der Waals surface area contributed by atoms with Gasteiger partial charge in [-0.2, -0.15) is 0 Å². The molecular weight excluding hydrogens is 538 g/mol. The number of nitrogens with zero attached hydrogens (tertiary/aromatic N) is 3. The molecule has 3 amide bonds. The van der Waals surface area contributed by atoms with Crippen molar-refractivity contribution in [2.45, 2.75) is 52.6 Å². The number of likely N-dealkylation sites (N-methyl/N-ethyl adjacent to an activating group) is 1. The lowest BCUT2D eigenvalue weighted by atomic mass is 9.87. The molecule has 0 saturated heterocycles. The molecule has 0 aliphatic rings. The van der Waals surface area contributed by atoms with Gasteiger partial charge < -0.3 is 30.2 Å². The van der Waals surface area contributed by atoms with Gasteiger partial charge in [-0.05, 0) is 42.9 Å². The second-order valence-electron chi connectivity index (χ2n) is 11.0. The van der Waals surface area contributed by atoms with Crippen molar-refractivity contribution in [3.8, 4) is 0 Å². The maximum absolute atomic E-state index is 14.6. The summed E-state index contributed by atoms with van der Waals surface area (Å²) in [6.07, 6.45) is 3.44. The van der Waals surface area contributed by atoms with Crippen LogP contribution in [0.4, 0.5) is 19.3 Å². The van der Waals surface area contributed by atoms with Gasteiger partial charge in [0.15, 0.2) is 5.82 Å². The minimum Gasteiger partial charge on any atom is -0.465 e. The zero-order valence-corrected chi connectivity index (χ0v) is 23.5. The number of allylic oxidation sites excluding steroid dienone is 1. The average molecular weight is 573 g/mol. The highest BCUT2D eigenvalue weighted by Crippen LogP contribution is 2.29. The van der Waals surface area contributed by atoms with E-state index in [0.29, 0.717) is 12.0 Å². The van der Waals surface area contributed by atoms with Crippen LogP contribution in [-0.4, -0.2) is 62.6 Å². The number of anilines is 1. The minimum atomic E-state index is -1.43. The lowest BCUT2D eigenvalue weighted by Crippen LogP contribution is -2.44. The first-order chi connectivity index (χ1) is 19.2. The van der Waals surface area contributed by atoms with E-state index >= 15 is 0 Å². The molecule has 1 aromatic carbocycles. The molecule has 0 spiro atoms. The molecule has 3 aromatic rings. The van der Waals surface area contributed by atoms with Gasteiger partial charge in [-0.3, -0.25) is 14.4 Å². The summed E-state index contributed by atoms with van der Waals surface area (Å²) >= 11 is 0. The number of benzene rings is 1. The third kappa shape index (κ3) is 8.22. The van der Waals surface area contributed by atoms with Gasteiger partial charge in [0.25, 0.3) is 5.56 Å². The Kier molecular flexibility index (Phi) is 9.63. The summed E-state index contributed by atoms with van der Waals surface area (Å²) < 4.78 is 30.4. The minimum absolute atomic E-state index is 0.0361. The van der Waals surface area contributed by atoms with Gasteiger partial charge in [0.05, 0.1) is 12.1 Å². The number of fused-ring (bicyclic) bond motifs is 1. The highest BCUT2D eigenvalue weighted by Gasteiger charge is 2.23. The van der Waals surface area contributed by atoms with Gasteiger partial charge in [0.1, 0.15) is 28.9 Å². The van der Waals surface area contributed by atoms with Gasteiger partial charge in [0.2, 0.25) is 11.8 Å². The van der Waals surface area contributed by atoms with Crippen LogP contribution in [-0.2, 0) is 22.6 Å². The van der Waals surface area contributed by atoms with Crippen LogP contribution >= 0.6 is 0 Å². The van der Waals surface area contributed by atoms with Crippen molar-refractivity contribution in [2.75, 3.05) is 19.4 Å². The van der Waals surface area contributed by atoms with Crippen LogP contribution in [0.25, 0.3) is 11.0 Å². The molecule has 1 unspecified atom stereocenters. The van der Waals surface area contributed by atoms with E-state index in [1.54, 1.807) is 14.1 Å². The van der Waals surface area contributed by atoms with Crippen molar-refractivity contribution in [3.63, 3.8) is 0 Å². The maximum Gasteiger partial charge on any atom is 0.405 e. The van der Waals surface area contributed by atoms with E-state index < -0.39 is 35.2 Å². The lowest BCUT2D eigenvalue weighted by molar-refractivity contribution is -0.123. The van der Waals surface area contributed by atoms with Gasteiger partial charge in [-0.25, -0.2) is 18.6 Å². The monoisotopic (exact) mass is 572 g/mol. The summed E-state index contributed by atoms with van der Waals surface area (Å²) in [5.41, 5.74) is -0.550. The summed E-state index contributed by atoms with van der Waals surface area (Å²) in [5, 5.41) is 13.7. The van der Waals surface area contributed by atoms with Crippen LogP contribution in [0.5, 0.6) is 0 Å². The number of carbonyl (C=O) groups excluding carboxylic acids is 2. The number of hydrogen-bond acceptors (Lipinski definition) is 5. The first-order valence-corrected chi connectivity index (χ1v) is 12.9. The van der Waals surface area contributed by atoms with Crippen LogP contribution in [0.15, 0.2) is 41.3 Å². The number of amides is 3. The highest BCUT2D eigenvalue weighted by atomic mass is 19.1. The predicted molar refractivity (Wildman–Crippen MR) is 150 cm³/mol. The summed E-state index contributed by atoms with van der Waals surface area (Å²) in [6, 6.07) is 2.46. The quantitative estimate of drug-likeness (QED) is 0.273. The molecule has 0 aliphatic heterocycles. The Balaban J connectivity index is 1.81. The van der Waals surface area contributed by atoms with Crippen molar-refractivity contribution in [1.29, 1.82) is 0 Å². The summed E-state index contributed by atoms with van der Waals surface area (Å²) in [5.74, 6) is -2.34. The molecule has 4 N–H and O–H groups in total. The Morgan fingerprint density at radius 1 is 1.22 bits per heavy atom. The number of carbonyl (C=O) groups is 3. The second kappa shape index (κ2) is 12.7. The zero-order valence-electron chi connectivity index (χ0n) is 23.5. The maximum atomic E-state index is 14.6. The Morgan fingerprint density at radius 3 is 2.56 bits per heavy atom. The average Bonchev–Trinajstić information content (AvgIpc) is 3.29. The topological polar surface area (TPSA) is 149 Å². The third-order valence-electron chi connectivity index (χ3n) is 6.07. The van der Waals surface area contributed by atoms with Gasteiger partial charge in [0, 0.05) is 31.9 Å². The molecule has 0 bridgehead atoms. The van der Waals surface area contributed by atoms with Crippen molar-refractivity contribution >= 4 is 34.6 Å². The van der Waals surface area contributed by atoms with E-state index in [1.165, 1.54) is 39.9 Å². The van der Waals surface area contributed by atoms with Crippen molar-refractivity contribution < 1.29 is 28.3 Å². The molecule has 0 fully saturated rings. The number of carboxylic acid groups (broad SMARTS) is 1. The number of nitrogens with one attached hydrogen (secondary N) is 3. The SMILES string of the molecule is CN(C)C(=O)C=CCCC(NC(=O)O)C(=O)Nc1cccn(Cc2nc3c(F)cc(F)c(CC(C)(C)C)c3[nH]2)c1=O. The Bertz CT molecular complexity index is 1540. The molecule has 220 valence electrons. The first kappa shape index (κ1) is 31.0. The summed E-state index contributed by atoms with van der Waals surface area (Å²) in [6.45, 7) is 5.65. The number of halogens is 2. The van der Waals surface area contributed by atoms with Crippen molar-refractivity contribution in [1.82, 2.24) is 24.8 Å². The Labute approximate surface area is 235 Å². The van der Waals surface area contributed by atoms with Gasteiger partial charge in [-0.1, -0.05) is 26.8 Å². The Morgan fingerprint density at radius 2 is 1.93 bits per heavy atom. The van der Waals surface area contributed by atoms with Crippen molar-refractivity contribution in [3.05, 3.63) is 69.9 Å².